The van der Waals surface area contributed by atoms with Gasteiger partial charge in [-0.3, -0.25) is 10.1 Å². The maximum Gasteiger partial charge on any atom is 1.00 e. The maximum absolute atomic E-state index is 11.3. The van der Waals surface area contributed by atoms with Crippen molar-refractivity contribution in [2.45, 2.75) is 9.79 Å². The van der Waals surface area contributed by atoms with Crippen LogP contribution >= 0.6 is 24.1 Å². The molecule has 0 aliphatic rings. The number of anilines is 1. The molecule has 0 aliphatic heterocycles. The molecule has 0 saturated heterocycles. The minimum absolute atomic E-state index is 0. The second-order valence-corrected chi connectivity index (χ2v) is 13.4. The summed E-state index contributed by atoms with van der Waals surface area (Å²) < 4.78 is 68.3. The molecule has 0 aliphatic carbocycles. The summed E-state index contributed by atoms with van der Waals surface area (Å²) in [7, 11) is -4.47. The minimum atomic E-state index is -4.47. The molecule has 0 amide bonds. The minimum Gasteiger partial charge on any atom is -0.748 e. The fraction of sp³-hybridized carbons (Fsp3) is 0.0714. The van der Waals surface area contributed by atoms with Gasteiger partial charge in [-0.1, -0.05) is 18.2 Å². The average Bonchev–Trinajstić information content (AvgIpc) is 3.08. The second-order valence-electron chi connectivity index (χ2n) is 9.79. The number of phenolic OH excluding ortho intramolecular Hbond substituents is 2. The van der Waals surface area contributed by atoms with Gasteiger partial charge in [0.05, 0.1) is 56.2 Å². The summed E-state index contributed by atoms with van der Waals surface area (Å²) >= 11 is -1.85. The van der Waals surface area contributed by atoms with Gasteiger partial charge < -0.3 is 39.3 Å². The standard InChI is InChI=1S/C28H23N5O14S4.Cu.4Na/c34-24-14-23(31-30-17-2-1-3-18(11-17)43-50(38)39)22-13-19(48-46-44-36)6-7-20(22)26(24)32-33-27-25(49-47-45-37)10-15-4-5-16(12-21(15)28(27)35)29-8-9-51(40,41)42;;;;;/h1-7,10-14,29,34-37H,8-9H2,(H,38,39)(H,40,41,42);;;;;/q;;4*+1/p-4. The number of azo groups is 2. The van der Waals surface area contributed by atoms with Gasteiger partial charge in [-0.05, 0) is 47.9 Å². The van der Waals surface area contributed by atoms with Crippen molar-refractivity contribution in [2.75, 3.05) is 17.6 Å². The Morgan fingerprint density at radius 1 is 0.786 bits per heavy atom. The van der Waals surface area contributed by atoms with Crippen LogP contribution in [0.4, 0.5) is 28.4 Å². The number of hydrogen-bond donors (Lipinski definition) is 3. The molecule has 3 N–H and O–H groups in total. The third-order valence-corrected chi connectivity index (χ3v) is 8.80. The van der Waals surface area contributed by atoms with Crippen molar-refractivity contribution in [3.05, 3.63) is 72.8 Å². The van der Waals surface area contributed by atoms with Crippen LogP contribution in [-0.2, 0) is 57.3 Å². The molecule has 19 nitrogen and oxygen atoms in total. The van der Waals surface area contributed by atoms with Crippen molar-refractivity contribution in [3.8, 4) is 17.2 Å². The van der Waals surface area contributed by atoms with E-state index in [2.05, 4.69) is 48.7 Å². The van der Waals surface area contributed by atoms with Gasteiger partial charge in [0.25, 0.3) is 0 Å². The zero-order chi connectivity index (χ0) is 36.5. The van der Waals surface area contributed by atoms with Crippen LogP contribution < -0.4 is 138 Å². The number of aromatic hydroxyl groups is 2. The molecule has 279 valence electrons. The van der Waals surface area contributed by atoms with E-state index in [4.69, 9.17) is 0 Å². The Bertz CT molecular complexity index is 2290. The van der Waals surface area contributed by atoms with E-state index in [1.807, 2.05) is 0 Å². The fourth-order valence-corrected chi connectivity index (χ4v) is 6.02. The van der Waals surface area contributed by atoms with Crippen LogP contribution in [0.15, 0.2) is 103 Å². The van der Waals surface area contributed by atoms with Crippen LogP contribution in [0.3, 0.4) is 0 Å². The molecule has 0 heterocycles. The molecule has 1 radical (unpaired) electrons. The van der Waals surface area contributed by atoms with Crippen molar-refractivity contribution in [1.29, 1.82) is 0 Å². The van der Waals surface area contributed by atoms with Gasteiger partial charge in [0.15, 0.2) is 5.75 Å². The number of rotatable bonds is 16. The summed E-state index contributed by atoms with van der Waals surface area (Å²) in [5.41, 5.74) is 0.283. The van der Waals surface area contributed by atoms with Crippen molar-refractivity contribution < 1.29 is 201 Å². The van der Waals surface area contributed by atoms with Gasteiger partial charge in [0.2, 0.25) is 0 Å². The summed E-state index contributed by atoms with van der Waals surface area (Å²) in [6.45, 7) is -0.199. The van der Waals surface area contributed by atoms with E-state index in [0.717, 1.165) is 0 Å². The van der Waals surface area contributed by atoms with E-state index in [9.17, 15) is 42.5 Å². The number of benzene rings is 5. The third kappa shape index (κ3) is 16.1. The summed E-state index contributed by atoms with van der Waals surface area (Å²) in [5.74, 6) is -1.61. The number of nitrogens with one attached hydrogen (secondary N) is 1. The Balaban J connectivity index is 0.00000605. The van der Waals surface area contributed by atoms with Crippen molar-refractivity contribution in [1.82, 2.24) is 0 Å². The molecule has 28 heteroatoms. The van der Waals surface area contributed by atoms with Gasteiger partial charge in [0, 0.05) is 62.5 Å². The van der Waals surface area contributed by atoms with E-state index in [0.29, 0.717) is 45.4 Å². The van der Waals surface area contributed by atoms with Crippen molar-refractivity contribution >= 4 is 95.5 Å². The average molecular weight is 933 g/mol. The predicted molar refractivity (Wildman–Crippen MR) is 175 cm³/mol. The predicted octanol–water partition coefficient (Wildman–Crippen LogP) is -7.16. The molecule has 1 unspecified atom stereocenters. The normalized spacial score (nSPS) is 11.6. The smallest absolute Gasteiger partial charge is 0.748 e. The third-order valence-electron chi connectivity index (χ3n) is 6.59. The topological polar surface area (TPSA) is 292 Å². The van der Waals surface area contributed by atoms with Crippen molar-refractivity contribution in [2.24, 2.45) is 20.5 Å². The molecule has 0 saturated carbocycles. The first kappa shape index (κ1) is 56.0. The Labute approximate surface area is 428 Å². The molecule has 0 fully saturated rings. The quantitative estimate of drug-likeness (QED) is 0.0158. The molecule has 0 aromatic heterocycles. The molecule has 1 atom stereocenters. The summed E-state index contributed by atoms with van der Waals surface area (Å²) in [6.07, 6.45) is 0. The van der Waals surface area contributed by atoms with Gasteiger partial charge in [-0.25, -0.2) is 12.6 Å². The number of nitrogens with zero attached hydrogens (tertiary/aromatic N) is 4. The summed E-state index contributed by atoms with van der Waals surface area (Å²) in [4.78, 5) is 0.419. The molecule has 56 heavy (non-hydrogen) atoms. The molecular formula is C28H19CuN5Na4O14S4. The van der Waals surface area contributed by atoms with Crippen LogP contribution in [0.1, 0.15) is 0 Å². The maximum atomic E-state index is 11.3. The molecular weight excluding hydrogens is 914 g/mol. The monoisotopic (exact) mass is 932 g/mol. The van der Waals surface area contributed by atoms with Crippen LogP contribution in [0, 0.1) is 0 Å². The number of phenols is 2. The second kappa shape index (κ2) is 27.1. The SMILES string of the molecule is O=S([O-])Oc1cccc(N=Nc2cc(O)c(N=Nc3c(SOO[O-])cc4ccc(NCCS(=O)(=O)[O-])cc4c3O)c3ccc(SOO[O-])cc23)c1.[Cu].[Na+].[Na+].[Na+].[Na+]. The van der Waals surface area contributed by atoms with Gasteiger partial charge in [-0.2, -0.15) is 13.8 Å². The molecule has 5 aromatic rings. The molecule has 5 rings (SSSR count). The van der Waals surface area contributed by atoms with Crippen LogP contribution in [0.25, 0.3) is 21.5 Å². The van der Waals surface area contributed by atoms with Crippen molar-refractivity contribution in [3.63, 3.8) is 0 Å². The van der Waals surface area contributed by atoms with E-state index < -0.39 is 38.7 Å². The number of hydrogen-bond acceptors (Lipinski definition) is 21. The fourth-order valence-electron chi connectivity index (χ4n) is 4.52. The first-order valence-electron chi connectivity index (χ1n) is 13.7. The van der Waals surface area contributed by atoms with Gasteiger partial charge in [-0.15, -0.1) is 15.3 Å². The molecule has 0 spiro atoms. The van der Waals surface area contributed by atoms with Crippen LogP contribution in [0.5, 0.6) is 17.2 Å². The van der Waals surface area contributed by atoms with Crippen LogP contribution in [0.2, 0.25) is 0 Å². The Morgan fingerprint density at radius 2 is 1.48 bits per heavy atom. The first-order chi connectivity index (χ1) is 24.5. The van der Waals surface area contributed by atoms with Crippen LogP contribution in [-0.4, -0.2) is 44.2 Å². The largest absolute Gasteiger partial charge is 1.00 e. The van der Waals surface area contributed by atoms with E-state index in [-0.39, 0.29) is 186 Å². The molecule has 5 aromatic carbocycles. The van der Waals surface area contributed by atoms with E-state index >= 15 is 0 Å². The summed E-state index contributed by atoms with van der Waals surface area (Å²) in [5, 5.41) is 70.9. The Kier molecular flexibility index (Phi) is 27.1. The van der Waals surface area contributed by atoms with E-state index in [1.54, 1.807) is 12.1 Å². The molecule has 0 bridgehead atoms. The Morgan fingerprint density at radius 3 is 2.16 bits per heavy atom. The number of fused-ring (bicyclic) bond motifs is 2. The Hall–Kier alpha value is 0.0195. The zero-order valence-corrected chi connectivity index (χ0v) is 41.6. The van der Waals surface area contributed by atoms with Gasteiger partial charge >= 0.3 is 118 Å². The zero-order valence-electron chi connectivity index (χ0n) is 29.4. The first-order valence-corrected chi connectivity index (χ1v) is 17.8. The summed E-state index contributed by atoms with van der Waals surface area (Å²) in [6, 6.07) is 17.4. The van der Waals surface area contributed by atoms with E-state index in [1.165, 1.54) is 60.7 Å². The van der Waals surface area contributed by atoms with Gasteiger partial charge in [0.1, 0.15) is 34.2 Å².